The number of nitrogens with one attached hydrogen (secondary N) is 1. The maximum Gasteiger partial charge on any atom is 0.224 e. The van der Waals surface area contributed by atoms with Crippen LogP contribution in [0, 0.1) is 0 Å². The molecular formula is C25H21N3O. The molecule has 0 saturated carbocycles. The number of pyridine rings is 2. The molecule has 0 aliphatic carbocycles. The Kier molecular flexibility index (Phi) is 5.72. The topological polar surface area (TPSA) is 54.9 Å². The molecule has 0 radical (unpaired) electrons. The normalized spacial score (nSPS) is 10.5. The van der Waals surface area contributed by atoms with Gasteiger partial charge in [0.05, 0.1) is 12.1 Å². The van der Waals surface area contributed by atoms with Gasteiger partial charge < -0.3 is 5.32 Å². The molecule has 4 rings (SSSR count). The van der Waals surface area contributed by atoms with Crippen LogP contribution in [0.15, 0.2) is 97.5 Å². The van der Waals surface area contributed by atoms with Gasteiger partial charge in [-0.1, -0.05) is 60.7 Å². The number of carbonyl (C=O) groups excluding carboxylic acids is 1. The van der Waals surface area contributed by atoms with Crippen LogP contribution in [0.1, 0.15) is 11.1 Å². The summed E-state index contributed by atoms with van der Waals surface area (Å²) < 4.78 is 0. The van der Waals surface area contributed by atoms with Crippen LogP contribution in [0.5, 0.6) is 0 Å². The lowest BCUT2D eigenvalue weighted by atomic mass is 10.0. The summed E-state index contributed by atoms with van der Waals surface area (Å²) in [6.07, 6.45) is 5.67. The van der Waals surface area contributed by atoms with Crippen LogP contribution < -0.4 is 5.32 Å². The number of hydrogen-bond acceptors (Lipinski definition) is 3. The summed E-state index contributed by atoms with van der Waals surface area (Å²) in [5.74, 6) is -0.00574. The fourth-order valence-corrected chi connectivity index (χ4v) is 3.11. The van der Waals surface area contributed by atoms with Crippen molar-refractivity contribution in [2.75, 3.05) is 0 Å². The minimum absolute atomic E-state index is 0.00574. The van der Waals surface area contributed by atoms with Crippen molar-refractivity contribution in [2.24, 2.45) is 0 Å². The van der Waals surface area contributed by atoms with Crippen molar-refractivity contribution in [2.45, 2.75) is 13.0 Å². The van der Waals surface area contributed by atoms with Crippen molar-refractivity contribution in [3.05, 3.63) is 109 Å². The van der Waals surface area contributed by atoms with E-state index in [2.05, 4.69) is 39.6 Å². The number of nitrogens with zero attached hydrogens (tertiary/aromatic N) is 2. The molecule has 4 aromatic rings. The van der Waals surface area contributed by atoms with Gasteiger partial charge in [-0.15, -0.1) is 0 Å². The summed E-state index contributed by atoms with van der Waals surface area (Å²) in [6, 6.07) is 26.1. The van der Waals surface area contributed by atoms with E-state index in [4.69, 9.17) is 0 Å². The molecule has 2 aromatic carbocycles. The van der Waals surface area contributed by atoms with Crippen LogP contribution in [0.25, 0.3) is 22.4 Å². The van der Waals surface area contributed by atoms with Crippen molar-refractivity contribution >= 4 is 5.91 Å². The third kappa shape index (κ3) is 4.93. The van der Waals surface area contributed by atoms with E-state index in [1.807, 2.05) is 54.6 Å². The fraction of sp³-hybridized carbons (Fsp3) is 0.0800. The third-order valence-corrected chi connectivity index (χ3v) is 4.70. The Morgan fingerprint density at radius 3 is 2.14 bits per heavy atom. The molecule has 4 heteroatoms. The number of rotatable bonds is 6. The van der Waals surface area contributed by atoms with Crippen LogP contribution in [0.2, 0.25) is 0 Å². The van der Waals surface area contributed by atoms with E-state index in [1.165, 1.54) is 5.56 Å². The molecule has 0 saturated heterocycles. The van der Waals surface area contributed by atoms with Gasteiger partial charge in [0.25, 0.3) is 0 Å². The van der Waals surface area contributed by atoms with E-state index in [0.717, 1.165) is 27.9 Å². The number of carbonyl (C=O) groups is 1. The minimum atomic E-state index is -0.00574. The molecule has 0 aliphatic rings. The van der Waals surface area contributed by atoms with Crippen LogP contribution in [0.4, 0.5) is 0 Å². The van der Waals surface area contributed by atoms with Gasteiger partial charge in [0.1, 0.15) is 0 Å². The summed E-state index contributed by atoms with van der Waals surface area (Å²) >= 11 is 0. The zero-order valence-electron chi connectivity index (χ0n) is 16.0. The lowest BCUT2D eigenvalue weighted by molar-refractivity contribution is -0.120. The highest BCUT2D eigenvalue weighted by Gasteiger charge is 2.05. The van der Waals surface area contributed by atoms with E-state index in [9.17, 15) is 4.79 Å². The third-order valence-electron chi connectivity index (χ3n) is 4.70. The van der Waals surface area contributed by atoms with Gasteiger partial charge in [0, 0.05) is 30.7 Å². The van der Waals surface area contributed by atoms with Crippen molar-refractivity contribution in [1.29, 1.82) is 0 Å². The Morgan fingerprint density at radius 1 is 0.724 bits per heavy atom. The summed E-state index contributed by atoms with van der Waals surface area (Å²) in [6.45, 7) is 0.460. The number of aromatic nitrogens is 2. The number of hydrogen-bond donors (Lipinski definition) is 1. The van der Waals surface area contributed by atoms with Crippen molar-refractivity contribution in [1.82, 2.24) is 15.3 Å². The average Bonchev–Trinajstić information content (AvgIpc) is 2.80. The molecular weight excluding hydrogens is 358 g/mol. The molecule has 4 nitrogen and oxygen atoms in total. The van der Waals surface area contributed by atoms with E-state index < -0.39 is 0 Å². The zero-order valence-corrected chi connectivity index (χ0v) is 16.0. The summed E-state index contributed by atoms with van der Waals surface area (Å²) in [5, 5.41) is 2.96. The lowest BCUT2D eigenvalue weighted by Gasteiger charge is -2.07. The molecule has 1 amide bonds. The largest absolute Gasteiger partial charge is 0.352 e. The lowest BCUT2D eigenvalue weighted by Crippen LogP contribution is -2.24. The van der Waals surface area contributed by atoms with Gasteiger partial charge in [0.15, 0.2) is 0 Å². The molecule has 0 spiro atoms. The highest BCUT2D eigenvalue weighted by atomic mass is 16.1. The Balaban J connectivity index is 1.31. The van der Waals surface area contributed by atoms with Crippen molar-refractivity contribution < 1.29 is 4.79 Å². The fourth-order valence-electron chi connectivity index (χ4n) is 3.11. The molecule has 2 heterocycles. The zero-order chi connectivity index (χ0) is 19.9. The predicted molar refractivity (Wildman–Crippen MR) is 115 cm³/mol. The second-order valence-electron chi connectivity index (χ2n) is 6.81. The van der Waals surface area contributed by atoms with Crippen LogP contribution in [-0.4, -0.2) is 15.9 Å². The second-order valence-corrected chi connectivity index (χ2v) is 6.81. The second kappa shape index (κ2) is 8.93. The van der Waals surface area contributed by atoms with Crippen LogP contribution in [-0.2, 0) is 17.8 Å². The highest BCUT2D eigenvalue weighted by Crippen LogP contribution is 2.19. The Hall–Kier alpha value is -3.79. The molecule has 29 heavy (non-hydrogen) atoms. The first-order valence-corrected chi connectivity index (χ1v) is 9.54. The van der Waals surface area contributed by atoms with Gasteiger partial charge in [0.2, 0.25) is 5.91 Å². The van der Waals surface area contributed by atoms with Gasteiger partial charge in [-0.2, -0.15) is 0 Å². The van der Waals surface area contributed by atoms with Crippen LogP contribution >= 0.6 is 0 Å². The van der Waals surface area contributed by atoms with E-state index in [-0.39, 0.29) is 5.91 Å². The van der Waals surface area contributed by atoms with Gasteiger partial charge in [-0.05, 0) is 40.5 Å². The average molecular weight is 379 g/mol. The first-order chi connectivity index (χ1) is 14.3. The summed E-state index contributed by atoms with van der Waals surface area (Å²) in [4.78, 5) is 20.9. The quantitative estimate of drug-likeness (QED) is 0.530. The summed E-state index contributed by atoms with van der Waals surface area (Å²) in [5.41, 5.74) is 6.12. The Labute approximate surface area is 170 Å². The molecule has 2 aromatic heterocycles. The highest BCUT2D eigenvalue weighted by molar-refractivity contribution is 5.78. The maximum atomic E-state index is 12.3. The van der Waals surface area contributed by atoms with Gasteiger partial charge in [-0.25, -0.2) is 0 Å². The minimum Gasteiger partial charge on any atom is -0.352 e. The van der Waals surface area contributed by atoms with E-state index in [0.29, 0.717) is 13.0 Å². The molecule has 1 N–H and O–H groups in total. The van der Waals surface area contributed by atoms with E-state index in [1.54, 1.807) is 18.6 Å². The molecule has 0 bridgehead atoms. The standard InChI is InChI=1S/C25H21N3O/c29-25(15-19-8-11-22(12-9-19)21-5-2-1-3-6-21)28-17-20-10-13-24(27-16-20)23-7-4-14-26-18-23/h1-14,16,18H,15,17H2,(H,28,29). The Morgan fingerprint density at radius 2 is 1.45 bits per heavy atom. The first-order valence-electron chi connectivity index (χ1n) is 9.54. The molecule has 0 unspecified atom stereocenters. The van der Waals surface area contributed by atoms with Gasteiger partial charge in [-0.3, -0.25) is 14.8 Å². The van der Waals surface area contributed by atoms with Crippen molar-refractivity contribution in [3.63, 3.8) is 0 Å². The first kappa shape index (κ1) is 18.6. The number of benzene rings is 2. The SMILES string of the molecule is O=C(Cc1ccc(-c2ccccc2)cc1)NCc1ccc(-c2cccnc2)nc1. The Bertz CT molecular complexity index is 1060. The maximum absolute atomic E-state index is 12.3. The summed E-state index contributed by atoms with van der Waals surface area (Å²) in [7, 11) is 0. The molecule has 0 atom stereocenters. The van der Waals surface area contributed by atoms with Gasteiger partial charge >= 0.3 is 0 Å². The smallest absolute Gasteiger partial charge is 0.224 e. The van der Waals surface area contributed by atoms with Crippen molar-refractivity contribution in [3.8, 4) is 22.4 Å². The molecule has 0 aliphatic heterocycles. The number of amides is 1. The van der Waals surface area contributed by atoms with E-state index >= 15 is 0 Å². The molecule has 0 fully saturated rings. The molecule has 142 valence electrons. The monoisotopic (exact) mass is 379 g/mol. The predicted octanol–water partition coefficient (Wildman–Crippen LogP) is 4.67. The van der Waals surface area contributed by atoms with Crippen LogP contribution in [0.3, 0.4) is 0 Å².